The minimum Gasteiger partial charge on any atom is -0.496 e. The largest absolute Gasteiger partial charge is 0.496 e. The number of carbonyl (C=O) groups excluding carboxylic acids is 1. The monoisotopic (exact) mass is 385 g/mol. The van der Waals surface area contributed by atoms with Crippen LogP contribution in [0.25, 0.3) is 6.08 Å². The highest BCUT2D eigenvalue weighted by Gasteiger charge is 2.16. The molecule has 1 amide bonds. The first-order valence-electron chi connectivity index (χ1n) is 6.66. The number of methoxy groups -OCH3 is 1. The van der Waals surface area contributed by atoms with E-state index < -0.39 is 15.9 Å². The fourth-order valence-electron chi connectivity index (χ4n) is 1.86. The van der Waals surface area contributed by atoms with Gasteiger partial charge in [0.2, 0.25) is 0 Å². The predicted molar refractivity (Wildman–Crippen MR) is 94.9 cm³/mol. The molecule has 126 valence electrons. The Hall–Kier alpha value is -2.02. The lowest BCUT2D eigenvalue weighted by molar-refractivity contribution is 0.0982. The zero-order valence-electron chi connectivity index (χ0n) is 12.5. The smallest absolute Gasteiger partial charge is 0.266 e. The molecule has 8 heteroatoms. The van der Waals surface area contributed by atoms with Crippen LogP contribution in [0.2, 0.25) is 10.0 Å². The highest BCUT2D eigenvalue weighted by Crippen LogP contribution is 2.21. The van der Waals surface area contributed by atoms with E-state index in [4.69, 9.17) is 27.9 Å². The van der Waals surface area contributed by atoms with Crippen molar-refractivity contribution in [3.05, 3.63) is 69.0 Å². The Kier molecular flexibility index (Phi) is 5.88. The maximum Gasteiger partial charge on any atom is 0.266 e. The summed E-state index contributed by atoms with van der Waals surface area (Å²) in [6.07, 6.45) is 1.33. The normalized spacial score (nSPS) is 11.5. The number of rotatable bonds is 5. The van der Waals surface area contributed by atoms with Gasteiger partial charge in [0, 0.05) is 10.6 Å². The lowest BCUT2D eigenvalue weighted by Gasteiger charge is -2.06. The molecule has 5 nitrogen and oxygen atoms in total. The molecule has 0 atom stereocenters. The van der Waals surface area contributed by atoms with E-state index in [1.165, 1.54) is 31.4 Å². The molecule has 2 aromatic carbocycles. The average molecular weight is 386 g/mol. The van der Waals surface area contributed by atoms with Crippen molar-refractivity contribution >= 4 is 45.2 Å². The first kappa shape index (κ1) is 18.3. The van der Waals surface area contributed by atoms with Crippen molar-refractivity contribution in [1.82, 2.24) is 4.72 Å². The Morgan fingerprint density at radius 3 is 2.54 bits per heavy atom. The summed E-state index contributed by atoms with van der Waals surface area (Å²) in [4.78, 5) is 12.1. The summed E-state index contributed by atoms with van der Waals surface area (Å²) < 4.78 is 31.1. The molecule has 1 N–H and O–H groups in total. The zero-order chi connectivity index (χ0) is 17.7. The lowest BCUT2D eigenvalue weighted by atomic mass is 10.2. The molecule has 0 fully saturated rings. The Morgan fingerprint density at radius 1 is 1.17 bits per heavy atom. The number of ether oxygens (including phenoxy) is 1. The molecule has 0 aliphatic heterocycles. The molecule has 24 heavy (non-hydrogen) atoms. The van der Waals surface area contributed by atoms with Crippen LogP contribution in [-0.2, 0) is 10.0 Å². The van der Waals surface area contributed by atoms with Crippen LogP contribution in [-0.4, -0.2) is 21.4 Å². The summed E-state index contributed by atoms with van der Waals surface area (Å²) >= 11 is 11.6. The van der Waals surface area contributed by atoms with Gasteiger partial charge in [-0.05, 0) is 30.3 Å². The van der Waals surface area contributed by atoms with E-state index in [-0.39, 0.29) is 10.6 Å². The SMILES string of the molecule is COc1ccccc1C=CS(=O)(=O)NC(=O)c1ccc(Cl)cc1Cl. The van der Waals surface area contributed by atoms with E-state index >= 15 is 0 Å². The molecule has 2 aromatic rings. The highest BCUT2D eigenvalue weighted by atomic mass is 35.5. The van der Waals surface area contributed by atoms with Crippen molar-refractivity contribution in [1.29, 1.82) is 0 Å². The van der Waals surface area contributed by atoms with E-state index in [9.17, 15) is 13.2 Å². The Bertz CT molecular complexity index is 895. The minimum atomic E-state index is -4.01. The van der Waals surface area contributed by atoms with Crippen molar-refractivity contribution in [3.63, 3.8) is 0 Å². The standard InChI is InChI=1S/C16H13Cl2NO4S/c1-23-15-5-3-2-4-11(15)8-9-24(21,22)19-16(20)13-7-6-12(17)10-14(13)18/h2-10H,1H3,(H,19,20). The molecule has 0 aromatic heterocycles. The number of para-hydroxylation sites is 1. The molecule has 0 radical (unpaired) electrons. The van der Waals surface area contributed by atoms with Gasteiger partial charge in [0.1, 0.15) is 5.75 Å². The number of benzene rings is 2. The predicted octanol–water partition coefficient (Wildman–Crippen LogP) is 3.73. The number of sulfonamides is 1. The third kappa shape index (κ3) is 4.74. The third-order valence-corrected chi connectivity index (χ3v) is 4.49. The van der Waals surface area contributed by atoms with Gasteiger partial charge in [0.25, 0.3) is 15.9 Å². The van der Waals surface area contributed by atoms with Crippen LogP contribution in [0.5, 0.6) is 5.75 Å². The van der Waals surface area contributed by atoms with E-state index in [1.807, 2.05) is 4.72 Å². The summed E-state index contributed by atoms with van der Waals surface area (Å²) in [7, 11) is -2.53. The Balaban J connectivity index is 2.19. The molecule has 0 bridgehead atoms. The number of halogens is 2. The summed E-state index contributed by atoms with van der Waals surface area (Å²) in [5.41, 5.74) is 0.567. The van der Waals surface area contributed by atoms with E-state index in [0.717, 1.165) is 5.41 Å². The Morgan fingerprint density at radius 2 is 1.88 bits per heavy atom. The highest BCUT2D eigenvalue weighted by molar-refractivity contribution is 7.93. The molecule has 0 aliphatic rings. The average Bonchev–Trinajstić information content (AvgIpc) is 2.52. The van der Waals surface area contributed by atoms with Gasteiger partial charge >= 0.3 is 0 Å². The van der Waals surface area contributed by atoms with Crippen LogP contribution in [0.3, 0.4) is 0 Å². The molecule has 0 saturated heterocycles. The van der Waals surface area contributed by atoms with Gasteiger partial charge in [-0.1, -0.05) is 41.4 Å². The topological polar surface area (TPSA) is 72.5 Å². The molecule has 2 rings (SSSR count). The van der Waals surface area contributed by atoms with E-state index in [0.29, 0.717) is 16.3 Å². The van der Waals surface area contributed by atoms with Crippen molar-refractivity contribution in [2.45, 2.75) is 0 Å². The second-order valence-corrected chi connectivity index (χ2v) is 7.06. The number of hydrogen-bond acceptors (Lipinski definition) is 4. The molecular formula is C16H13Cl2NO4S. The van der Waals surface area contributed by atoms with Crippen LogP contribution >= 0.6 is 23.2 Å². The fraction of sp³-hybridized carbons (Fsp3) is 0.0625. The second-order valence-electron chi connectivity index (χ2n) is 4.65. The molecule has 0 heterocycles. The summed E-state index contributed by atoms with van der Waals surface area (Å²) in [6.45, 7) is 0. The van der Waals surface area contributed by atoms with Gasteiger partial charge in [0.05, 0.1) is 23.1 Å². The molecule has 0 spiro atoms. The first-order chi connectivity index (χ1) is 11.3. The van der Waals surface area contributed by atoms with Crippen molar-refractivity contribution in [3.8, 4) is 5.75 Å². The lowest BCUT2D eigenvalue weighted by Crippen LogP contribution is -2.29. The number of hydrogen-bond donors (Lipinski definition) is 1. The number of amides is 1. The zero-order valence-corrected chi connectivity index (χ0v) is 14.8. The van der Waals surface area contributed by atoms with Crippen molar-refractivity contribution < 1.29 is 17.9 Å². The van der Waals surface area contributed by atoms with Gasteiger partial charge < -0.3 is 4.74 Å². The molecule has 0 aliphatic carbocycles. The summed E-state index contributed by atoms with van der Waals surface area (Å²) in [5, 5.41) is 1.28. The third-order valence-electron chi connectivity index (χ3n) is 2.98. The Labute approximate surface area is 149 Å². The fourth-order valence-corrected chi connectivity index (χ4v) is 3.12. The summed E-state index contributed by atoms with van der Waals surface area (Å²) in [5.74, 6) is -0.336. The van der Waals surface area contributed by atoms with Gasteiger partial charge in [-0.15, -0.1) is 0 Å². The van der Waals surface area contributed by atoms with E-state index in [1.54, 1.807) is 24.3 Å². The van der Waals surface area contributed by atoms with Gasteiger partial charge in [0.15, 0.2) is 0 Å². The molecule has 0 saturated carbocycles. The van der Waals surface area contributed by atoms with Crippen molar-refractivity contribution in [2.75, 3.05) is 7.11 Å². The maximum atomic E-state index is 12.1. The van der Waals surface area contributed by atoms with Crippen LogP contribution in [0.1, 0.15) is 15.9 Å². The second kappa shape index (κ2) is 7.70. The van der Waals surface area contributed by atoms with Crippen molar-refractivity contribution in [2.24, 2.45) is 0 Å². The van der Waals surface area contributed by atoms with Gasteiger partial charge in [-0.25, -0.2) is 13.1 Å². The van der Waals surface area contributed by atoms with E-state index in [2.05, 4.69) is 0 Å². The first-order valence-corrected chi connectivity index (χ1v) is 8.96. The molecular weight excluding hydrogens is 373 g/mol. The van der Waals surface area contributed by atoms with Gasteiger partial charge in [-0.2, -0.15) is 0 Å². The maximum absolute atomic E-state index is 12.1. The van der Waals surface area contributed by atoms with Crippen LogP contribution in [0.15, 0.2) is 47.9 Å². The van der Waals surface area contributed by atoms with Gasteiger partial charge in [-0.3, -0.25) is 4.79 Å². The van der Waals surface area contributed by atoms with Crippen LogP contribution < -0.4 is 9.46 Å². The van der Waals surface area contributed by atoms with Crippen LogP contribution in [0.4, 0.5) is 0 Å². The number of carbonyl (C=O) groups is 1. The number of nitrogens with one attached hydrogen (secondary N) is 1. The minimum absolute atomic E-state index is 0.00957. The quantitative estimate of drug-likeness (QED) is 0.850. The summed E-state index contributed by atoms with van der Waals surface area (Å²) in [6, 6.07) is 11.0. The van der Waals surface area contributed by atoms with Crippen LogP contribution in [0, 0.1) is 0 Å². The molecule has 0 unspecified atom stereocenters.